The maximum absolute atomic E-state index is 5.89. The van der Waals surface area contributed by atoms with Gasteiger partial charge in [-0.1, -0.05) is 13.8 Å². The fourth-order valence-corrected chi connectivity index (χ4v) is 1.40. The van der Waals surface area contributed by atoms with Gasteiger partial charge in [0, 0.05) is 11.9 Å². The van der Waals surface area contributed by atoms with E-state index in [-0.39, 0.29) is 0 Å². The largest absolute Gasteiger partial charge is 0.397 e. The molecule has 3 nitrogen and oxygen atoms in total. The van der Waals surface area contributed by atoms with E-state index in [1.165, 1.54) is 0 Å². The van der Waals surface area contributed by atoms with Crippen LogP contribution in [0.2, 0.25) is 0 Å². The minimum absolute atomic E-state index is 0.391. The first-order valence-electron chi connectivity index (χ1n) is 4.69. The highest BCUT2D eigenvalue weighted by Crippen LogP contribution is 2.21. The molecule has 0 unspecified atom stereocenters. The van der Waals surface area contributed by atoms with Gasteiger partial charge < -0.3 is 5.73 Å². The van der Waals surface area contributed by atoms with Crippen LogP contribution in [-0.4, -0.2) is 9.97 Å². The number of hydrogen-bond donors (Lipinski definition) is 1. The summed E-state index contributed by atoms with van der Waals surface area (Å²) in [6.07, 6.45) is 1.73. The third kappa shape index (κ3) is 1.41. The molecule has 0 aromatic carbocycles. The minimum Gasteiger partial charge on any atom is -0.397 e. The van der Waals surface area contributed by atoms with Crippen molar-refractivity contribution >= 4 is 16.7 Å². The van der Waals surface area contributed by atoms with Crippen molar-refractivity contribution in [2.75, 3.05) is 5.73 Å². The summed E-state index contributed by atoms with van der Waals surface area (Å²) in [5.41, 5.74) is 9.28. The number of nitrogens with zero attached hydrogens (tertiary/aromatic N) is 2. The van der Waals surface area contributed by atoms with Crippen LogP contribution in [0.15, 0.2) is 24.4 Å². The molecular weight excluding hydrogens is 174 g/mol. The van der Waals surface area contributed by atoms with Gasteiger partial charge in [0.2, 0.25) is 0 Å². The average Bonchev–Trinajstić information content (AvgIpc) is 2.17. The Balaban J connectivity index is 2.72. The van der Waals surface area contributed by atoms with Crippen LogP contribution in [0.1, 0.15) is 25.5 Å². The highest BCUT2D eigenvalue weighted by Gasteiger charge is 2.06. The fourth-order valence-electron chi connectivity index (χ4n) is 1.40. The summed E-state index contributed by atoms with van der Waals surface area (Å²) >= 11 is 0. The van der Waals surface area contributed by atoms with Crippen molar-refractivity contribution < 1.29 is 0 Å². The Morgan fingerprint density at radius 1 is 1.36 bits per heavy atom. The molecule has 0 radical (unpaired) electrons. The molecule has 0 spiro atoms. The van der Waals surface area contributed by atoms with Gasteiger partial charge in [-0.05, 0) is 24.1 Å². The zero-order valence-electron chi connectivity index (χ0n) is 8.36. The lowest BCUT2D eigenvalue weighted by atomic mass is 10.1. The van der Waals surface area contributed by atoms with E-state index in [1.807, 2.05) is 18.2 Å². The summed E-state index contributed by atoms with van der Waals surface area (Å²) in [6.45, 7) is 4.20. The van der Waals surface area contributed by atoms with Gasteiger partial charge in [-0.3, -0.25) is 9.97 Å². The molecule has 0 aliphatic carbocycles. The second-order valence-electron chi connectivity index (χ2n) is 3.66. The molecule has 0 aliphatic rings. The summed E-state index contributed by atoms with van der Waals surface area (Å²) in [6, 6.07) is 5.71. The highest BCUT2D eigenvalue weighted by atomic mass is 14.8. The molecule has 72 valence electrons. The zero-order chi connectivity index (χ0) is 10.1. The van der Waals surface area contributed by atoms with Gasteiger partial charge in [-0.15, -0.1) is 0 Å². The quantitative estimate of drug-likeness (QED) is 0.745. The van der Waals surface area contributed by atoms with Crippen LogP contribution in [0.5, 0.6) is 0 Å². The Bertz CT molecular complexity index is 463. The fraction of sp³-hybridized carbons (Fsp3) is 0.273. The molecule has 2 rings (SSSR count). The molecule has 0 saturated carbocycles. The van der Waals surface area contributed by atoms with Crippen LogP contribution in [-0.2, 0) is 0 Å². The highest BCUT2D eigenvalue weighted by molar-refractivity contribution is 5.86. The van der Waals surface area contributed by atoms with E-state index in [9.17, 15) is 0 Å². The Kier molecular flexibility index (Phi) is 2.08. The van der Waals surface area contributed by atoms with Gasteiger partial charge in [-0.2, -0.15) is 0 Å². The Hall–Kier alpha value is -1.64. The van der Waals surface area contributed by atoms with Crippen molar-refractivity contribution in [3.63, 3.8) is 0 Å². The predicted molar refractivity (Wildman–Crippen MR) is 58.0 cm³/mol. The maximum Gasteiger partial charge on any atom is 0.112 e. The van der Waals surface area contributed by atoms with E-state index in [4.69, 9.17) is 5.73 Å². The number of anilines is 1. The van der Waals surface area contributed by atoms with E-state index in [2.05, 4.69) is 23.8 Å². The third-order valence-electron chi connectivity index (χ3n) is 2.20. The second-order valence-corrected chi connectivity index (χ2v) is 3.66. The van der Waals surface area contributed by atoms with Gasteiger partial charge in [0.05, 0.1) is 11.2 Å². The first-order chi connectivity index (χ1) is 6.68. The van der Waals surface area contributed by atoms with E-state index in [0.29, 0.717) is 11.6 Å². The van der Waals surface area contributed by atoms with E-state index in [0.717, 1.165) is 16.7 Å². The van der Waals surface area contributed by atoms with Crippen molar-refractivity contribution in [1.82, 2.24) is 9.97 Å². The van der Waals surface area contributed by atoms with Crippen LogP contribution in [0.3, 0.4) is 0 Å². The number of nitrogens with two attached hydrogens (primary N) is 1. The molecule has 0 fully saturated rings. The van der Waals surface area contributed by atoms with Gasteiger partial charge in [0.1, 0.15) is 5.52 Å². The summed E-state index contributed by atoms with van der Waals surface area (Å²) in [7, 11) is 0. The first kappa shape index (κ1) is 8.94. The smallest absolute Gasteiger partial charge is 0.112 e. The number of nitrogen functional groups attached to an aromatic ring is 1. The number of fused-ring (bicyclic) bond motifs is 1. The van der Waals surface area contributed by atoms with Crippen molar-refractivity contribution in [1.29, 1.82) is 0 Å². The predicted octanol–water partition coefficient (Wildman–Crippen LogP) is 2.34. The Morgan fingerprint density at radius 2 is 2.14 bits per heavy atom. The number of pyridine rings is 2. The monoisotopic (exact) mass is 187 g/mol. The van der Waals surface area contributed by atoms with Gasteiger partial charge in [0.25, 0.3) is 0 Å². The summed E-state index contributed by atoms with van der Waals surface area (Å²) in [5.74, 6) is 0.391. The molecule has 0 saturated heterocycles. The lowest BCUT2D eigenvalue weighted by Gasteiger charge is -2.07. The molecule has 2 aromatic heterocycles. The molecular formula is C11H13N3. The molecule has 0 atom stereocenters. The summed E-state index contributed by atoms with van der Waals surface area (Å²) < 4.78 is 0. The Morgan fingerprint density at radius 3 is 2.86 bits per heavy atom. The van der Waals surface area contributed by atoms with E-state index >= 15 is 0 Å². The SMILES string of the molecule is CC(C)c1cc(N)c2ncccc2n1. The summed E-state index contributed by atoms with van der Waals surface area (Å²) in [5, 5.41) is 0. The minimum atomic E-state index is 0.391. The number of rotatable bonds is 1. The van der Waals surface area contributed by atoms with Gasteiger partial charge in [-0.25, -0.2) is 0 Å². The third-order valence-corrected chi connectivity index (χ3v) is 2.20. The lowest BCUT2D eigenvalue weighted by Crippen LogP contribution is -1.98. The lowest BCUT2D eigenvalue weighted by molar-refractivity contribution is 0.830. The van der Waals surface area contributed by atoms with E-state index in [1.54, 1.807) is 6.20 Å². The molecule has 2 aromatic rings. The molecule has 0 amide bonds. The standard InChI is InChI=1S/C11H13N3/c1-7(2)10-6-8(12)11-9(14-10)4-3-5-13-11/h3-7H,1-2H3,(H2,12,14). The molecule has 14 heavy (non-hydrogen) atoms. The van der Waals surface area contributed by atoms with Crippen molar-refractivity contribution in [3.05, 3.63) is 30.1 Å². The van der Waals surface area contributed by atoms with Crippen LogP contribution < -0.4 is 5.73 Å². The topological polar surface area (TPSA) is 51.8 Å². The molecule has 3 heteroatoms. The molecule has 2 N–H and O–H groups in total. The molecule has 0 aliphatic heterocycles. The van der Waals surface area contributed by atoms with Crippen molar-refractivity contribution in [3.8, 4) is 0 Å². The zero-order valence-corrected chi connectivity index (χ0v) is 8.36. The number of hydrogen-bond acceptors (Lipinski definition) is 3. The normalized spacial score (nSPS) is 11.1. The van der Waals surface area contributed by atoms with Crippen molar-refractivity contribution in [2.45, 2.75) is 19.8 Å². The number of aromatic nitrogens is 2. The van der Waals surface area contributed by atoms with Crippen LogP contribution in [0.4, 0.5) is 5.69 Å². The maximum atomic E-state index is 5.89. The van der Waals surface area contributed by atoms with Crippen LogP contribution in [0, 0.1) is 0 Å². The van der Waals surface area contributed by atoms with Crippen LogP contribution in [0.25, 0.3) is 11.0 Å². The molecule has 2 heterocycles. The van der Waals surface area contributed by atoms with Crippen LogP contribution >= 0.6 is 0 Å². The summed E-state index contributed by atoms with van der Waals surface area (Å²) in [4.78, 5) is 8.69. The second kappa shape index (κ2) is 3.25. The van der Waals surface area contributed by atoms with Gasteiger partial charge >= 0.3 is 0 Å². The Labute approximate surface area is 83.0 Å². The van der Waals surface area contributed by atoms with Crippen molar-refractivity contribution in [2.24, 2.45) is 0 Å². The first-order valence-corrected chi connectivity index (χ1v) is 4.69. The van der Waals surface area contributed by atoms with Gasteiger partial charge in [0.15, 0.2) is 0 Å². The molecule has 0 bridgehead atoms. The average molecular weight is 187 g/mol. The van der Waals surface area contributed by atoms with E-state index < -0.39 is 0 Å².